The molecule has 0 amide bonds. The number of hydrogen-bond donors (Lipinski definition) is 3. The van der Waals surface area contributed by atoms with Gasteiger partial charge in [-0.15, -0.1) is 0 Å². The van der Waals surface area contributed by atoms with Crippen molar-refractivity contribution in [2.75, 3.05) is 38.6 Å². The van der Waals surface area contributed by atoms with Crippen LogP contribution in [0.4, 0.5) is 0 Å². The van der Waals surface area contributed by atoms with Gasteiger partial charge in [-0.2, -0.15) is 0 Å². The fraction of sp³-hybridized carbons (Fsp3) is 0.682. The summed E-state index contributed by atoms with van der Waals surface area (Å²) in [7, 11) is -3.36. The molecule has 0 aromatic heterocycles. The van der Waals surface area contributed by atoms with E-state index >= 15 is 0 Å². The summed E-state index contributed by atoms with van der Waals surface area (Å²) >= 11 is 0. The summed E-state index contributed by atoms with van der Waals surface area (Å²) in [5, 5.41) is 6.40. The summed E-state index contributed by atoms with van der Waals surface area (Å²) in [5.41, 5.74) is 1.15. The van der Waals surface area contributed by atoms with Crippen molar-refractivity contribution in [2.24, 2.45) is 10.4 Å². The molecule has 1 aromatic rings. The molecule has 1 aromatic carbocycles. The molecule has 8 heteroatoms. The van der Waals surface area contributed by atoms with Crippen LogP contribution in [-0.4, -0.2) is 53.0 Å². The maximum absolute atomic E-state index is 12.3. The normalized spacial score (nSPS) is 16.5. The monoisotopic (exact) mass is 438 g/mol. The highest BCUT2D eigenvalue weighted by Crippen LogP contribution is 2.41. The van der Waals surface area contributed by atoms with Gasteiger partial charge in [0.1, 0.15) is 0 Å². The zero-order valence-electron chi connectivity index (χ0n) is 18.5. The molecule has 7 nitrogen and oxygen atoms in total. The van der Waals surface area contributed by atoms with Crippen molar-refractivity contribution < 1.29 is 13.2 Å². The first-order chi connectivity index (χ1) is 14.5. The van der Waals surface area contributed by atoms with Crippen molar-refractivity contribution in [3.05, 3.63) is 35.9 Å². The average molecular weight is 439 g/mol. The lowest BCUT2D eigenvalue weighted by Gasteiger charge is -2.27. The van der Waals surface area contributed by atoms with Crippen LogP contribution < -0.4 is 15.4 Å². The Morgan fingerprint density at radius 1 is 1.13 bits per heavy atom. The molecule has 1 fully saturated rings. The number of nitrogens with zero attached hydrogens (tertiary/aromatic N) is 1. The molecular formula is C22H38N4O3S. The zero-order chi connectivity index (χ0) is 21.7. The van der Waals surface area contributed by atoms with Gasteiger partial charge >= 0.3 is 0 Å². The Kier molecular flexibility index (Phi) is 10.6. The molecule has 0 bridgehead atoms. The third-order valence-electron chi connectivity index (χ3n) is 5.56. The molecule has 1 aliphatic carbocycles. The number of ether oxygens (including phenoxy) is 1. The van der Waals surface area contributed by atoms with E-state index in [1.807, 2.05) is 44.2 Å². The lowest BCUT2D eigenvalue weighted by Crippen LogP contribution is -2.41. The predicted molar refractivity (Wildman–Crippen MR) is 123 cm³/mol. The van der Waals surface area contributed by atoms with Gasteiger partial charge < -0.3 is 15.4 Å². The molecule has 0 saturated heterocycles. The second-order valence-corrected chi connectivity index (χ2v) is 9.83. The van der Waals surface area contributed by atoms with Gasteiger partial charge in [0.05, 0.1) is 5.75 Å². The van der Waals surface area contributed by atoms with E-state index in [4.69, 9.17) is 9.73 Å². The minimum Gasteiger partial charge on any atom is -0.382 e. The summed E-state index contributed by atoms with van der Waals surface area (Å²) in [6.45, 7) is 7.65. The van der Waals surface area contributed by atoms with E-state index in [0.717, 1.165) is 38.3 Å². The second-order valence-electron chi connectivity index (χ2n) is 7.90. The first-order valence-electron chi connectivity index (χ1n) is 11.1. The van der Waals surface area contributed by atoms with Crippen molar-refractivity contribution in [1.29, 1.82) is 0 Å². The quantitative estimate of drug-likeness (QED) is 0.250. The van der Waals surface area contributed by atoms with Crippen LogP contribution in [0.2, 0.25) is 0 Å². The summed E-state index contributed by atoms with van der Waals surface area (Å²) in [4.78, 5) is 4.78. The molecule has 0 unspecified atom stereocenters. The maximum atomic E-state index is 12.3. The average Bonchev–Trinajstić information content (AvgIpc) is 3.21. The standard InChI is InChI=1S/C22H38N4O3S/c1-3-23-21(25-19-22(12-8-9-13-22)14-16-29-4-2)24-15-17-30(27,28)26-18-20-10-6-5-7-11-20/h5-7,10-11,26H,3-4,8-9,12-19H2,1-2H3,(H2,23,24,25). The number of rotatable bonds is 13. The van der Waals surface area contributed by atoms with Crippen LogP contribution in [0.25, 0.3) is 0 Å². The highest BCUT2D eigenvalue weighted by Gasteiger charge is 2.33. The van der Waals surface area contributed by atoms with Gasteiger partial charge in [0.2, 0.25) is 10.0 Å². The van der Waals surface area contributed by atoms with Crippen molar-refractivity contribution in [1.82, 2.24) is 15.4 Å². The number of sulfonamides is 1. The molecule has 30 heavy (non-hydrogen) atoms. The van der Waals surface area contributed by atoms with Crippen LogP contribution in [0.15, 0.2) is 35.3 Å². The molecule has 2 rings (SSSR count). The number of hydrogen-bond acceptors (Lipinski definition) is 4. The van der Waals surface area contributed by atoms with Crippen molar-refractivity contribution in [3.63, 3.8) is 0 Å². The van der Waals surface area contributed by atoms with Gasteiger partial charge in [-0.3, -0.25) is 4.99 Å². The Balaban J connectivity index is 1.83. The molecule has 0 heterocycles. The lowest BCUT2D eigenvalue weighted by molar-refractivity contribution is 0.107. The molecule has 170 valence electrons. The Morgan fingerprint density at radius 3 is 2.53 bits per heavy atom. The maximum Gasteiger partial charge on any atom is 0.213 e. The molecule has 0 spiro atoms. The molecule has 1 aliphatic rings. The minimum atomic E-state index is -3.36. The van der Waals surface area contributed by atoms with Crippen LogP contribution in [0.3, 0.4) is 0 Å². The zero-order valence-corrected chi connectivity index (χ0v) is 19.3. The van der Waals surface area contributed by atoms with Gasteiger partial charge in [0, 0.05) is 39.4 Å². The van der Waals surface area contributed by atoms with Crippen LogP contribution >= 0.6 is 0 Å². The van der Waals surface area contributed by atoms with Gasteiger partial charge in [-0.25, -0.2) is 13.1 Å². The first kappa shape index (κ1) is 24.6. The first-order valence-corrected chi connectivity index (χ1v) is 12.7. The highest BCUT2D eigenvalue weighted by atomic mass is 32.2. The Hall–Kier alpha value is -1.64. The smallest absolute Gasteiger partial charge is 0.213 e. The molecule has 0 radical (unpaired) electrons. The van der Waals surface area contributed by atoms with Gasteiger partial charge in [-0.1, -0.05) is 43.2 Å². The van der Waals surface area contributed by atoms with Crippen LogP contribution in [0.5, 0.6) is 0 Å². The fourth-order valence-corrected chi connectivity index (χ4v) is 4.70. The summed E-state index contributed by atoms with van der Waals surface area (Å²) < 4.78 is 32.8. The fourth-order valence-electron chi connectivity index (χ4n) is 3.80. The lowest BCUT2D eigenvalue weighted by atomic mass is 9.83. The van der Waals surface area contributed by atoms with Gasteiger partial charge in [0.15, 0.2) is 5.96 Å². The number of nitrogens with one attached hydrogen (secondary N) is 3. The van der Waals surface area contributed by atoms with E-state index in [2.05, 4.69) is 15.4 Å². The van der Waals surface area contributed by atoms with Crippen molar-refractivity contribution in [3.8, 4) is 0 Å². The van der Waals surface area contributed by atoms with Crippen LogP contribution in [0.1, 0.15) is 51.5 Å². The van der Waals surface area contributed by atoms with Gasteiger partial charge in [-0.05, 0) is 44.1 Å². The summed E-state index contributed by atoms with van der Waals surface area (Å²) in [6, 6.07) is 9.52. The van der Waals surface area contributed by atoms with Crippen LogP contribution in [-0.2, 0) is 21.3 Å². The predicted octanol–water partition coefficient (Wildman–Crippen LogP) is 2.65. The largest absolute Gasteiger partial charge is 0.382 e. The molecule has 3 N–H and O–H groups in total. The Labute approximate surface area is 182 Å². The third kappa shape index (κ3) is 9.02. The minimum absolute atomic E-state index is 0.000267. The van der Waals surface area contributed by atoms with E-state index in [0.29, 0.717) is 19.0 Å². The molecule has 0 aliphatic heterocycles. The summed E-state index contributed by atoms with van der Waals surface area (Å²) in [5.74, 6) is 0.679. The third-order valence-corrected chi connectivity index (χ3v) is 6.89. The topological polar surface area (TPSA) is 91.8 Å². The van der Waals surface area contributed by atoms with E-state index < -0.39 is 10.0 Å². The SMILES string of the molecule is CCNC(=NCC1(CCOCC)CCCC1)NCCS(=O)(=O)NCc1ccccc1. The van der Waals surface area contributed by atoms with Crippen molar-refractivity contribution in [2.45, 2.75) is 52.5 Å². The van der Waals surface area contributed by atoms with E-state index in [9.17, 15) is 8.42 Å². The second kappa shape index (κ2) is 12.9. The van der Waals surface area contributed by atoms with Crippen molar-refractivity contribution >= 4 is 16.0 Å². The Bertz CT molecular complexity index is 732. The van der Waals surface area contributed by atoms with Crippen LogP contribution in [0, 0.1) is 5.41 Å². The Morgan fingerprint density at radius 2 is 1.87 bits per heavy atom. The number of guanidine groups is 1. The molecule has 1 saturated carbocycles. The van der Waals surface area contributed by atoms with Gasteiger partial charge in [0.25, 0.3) is 0 Å². The number of aliphatic imine (C=N–C) groups is 1. The van der Waals surface area contributed by atoms with E-state index in [1.54, 1.807) is 0 Å². The highest BCUT2D eigenvalue weighted by molar-refractivity contribution is 7.89. The van der Waals surface area contributed by atoms with E-state index in [-0.39, 0.29) is 11.2 Å². The molecule has 0 atom stereocenters. The molecular weight excluding hydrogens is 400 g/mol. The van der Waals surface area contributed by atoms with E-state index in [1.165, 1.54) is 25.7 Å². The summed E-state index contributed by atoms with van der Waals surface area (Å²) in [6.07, 6.45) is 5.89. The number of benzene rings is 1.